The lowest BCUT2D eigenvalue weighted by molar-refractivity contribution is -0.129. The van der Waals surface area contributed by atoms with E-state index in [1.807, 2.05) is 25.1 Å². The van der Waals surface area contributed by atoms with Crippen LogP contribution in [0.4, 0.5) is 0 Å². The third-order valence-electron chi connectivity index (χ3n) is 3.07. The predicted octanol–water partition coefficient (Wildman–Crippen LogP) is 0.888. The van der Waals surface area contributed by atoms with Crippen LogP contribution in [0.2, 0.25) is 0 Å². The van der Waals surface area contributed by atoms with Crippen LogP contribution < -0.4 is 11.1 Å². The molecule has 0 bridgehead atoms. The van der Waals surface area contributed by atoms with Gasteiger partial charge in [0.05, 0.1) is 17.8 Å². The highest BCUT2D eigenvalue weighted by Crippen LogP contribution is 2.29. The Morgan fingerprint density at radius 1 is 1.56 bits per heavy atom. The summed E-state index contributed by atoms with van der Waals surface area (Å²) in [5.74, 6) is -0.0537. The van der Waals surface area contributed by atoms with Gasteiger partial charge in [-0.2, -0.15) is 0 Å². The average molecular weight is 219 g/mol. The van der Waals surface area contributed by atoms with Crippen molar-refractivity contribution < 1.29 is 4.79 Å². The predicted molar refractivity (Wildman–Crippen MR) is 61.6 cm³/mol. The molecule has 1 amide bonds. The van der Waals surface area contributed by atoms with Crippen LogP contribution in [0.1, 0.15) is 30.7 Å². The number of carbonyl (C=O) groups is 1. The summed E-state index contributed by atoms with van der Waals surface area (Å²) in [6.45, 7) is 2.39. The van der Waals surface area contributed by atoms with E-state index in [2.05, 4.69) is 10.3 Å². The van der Waals surface area contributed by atoms with Gasteiger partial charge in [0, 0.05) is 5.69 Å². The number of rotatable bonds is 3. The van der Waals surface area contributed by atoms with Crippen molar-refractivity contribution in [3.63, 3.8) is 0 Å². The van der Waals surface area contributed by atoms with Gasteiger partial charge in [-0.05, 0) is 38.3 Å². The summed E-state index contributed by atoms with van der Waals surface area (Å²) in [7, 11) is 0. The number of aryl methyl sites for hydroxylation is 1. The molecule has 1 saturated carbocycles. The first-order valence-corrected chi connectivity index (χ1v) is 5.60. The monoisotopic (exact) mass is 219 g/mol. The molecule has 1 fully saturated rings. The van der Waals surface area contributed by atoms with Gasteiger partial charge in [0.2, 0.25) is 5.91 Å². The molecule has 0 radical (unpaired) electrons. The molecule has 0 unspecified atom stereocenters. The molecule has 0 saturated heterocycles. The Hall–Kier alpha value is -1.42. The van der Waals surface area contributed by atoms with Crippen LogP contribution >= 0.6 is 0 Å². The molecular formula is C12H17N3O. The molecule has 0 spiro atoms. The zero-order chi connectivity index (χ0) is 11.6. The molecule has 1 aromatic heterocycles. The average Bonchev–Trinajstić information content (AvgIpc) is 2.22. The van der Waals surface area contributed by atoms with Crippen LogP contribution in [0.25, 0.3) is 0 Å². The van der Waals surface area contributed by atoms with Gasteiger partial charge in [-0.3, -0.25) is 9.78 Å². The third kappa shape index (κ3) is 2.22. The molecule has 0 atom stereocenters. The fourth-order valence-electron chi connectivity index (χ4n) is 1.83. The van der Waals surface area contributed by atoms with Crippen LogP contribution in [-0.2, 0) is 11.3 Å². The van der Waals surface area contributed by atoms with Gasteiger partial charge in [0.15, 0.2) is 0 Å². The number of nitrogens with two attached hydrogens (primary N) is 1. The van der Waals surface area contributed by atoms with E-state index in [1.165, 1.54) is 0 Å². The number of amides is 1. The number of hydrogen-bond donors (Lipinski definition) is 2. The number of nitrogens with one attached hydrogen (secondary N) is 1. The number of hydrogen-bond acceptors (Lipinski definition) is 3. The summed E-state index contributed by atoms with van der Waals surface area (Å²) < 4.78 is 0. The van der Waals surface area contributed by atoms with E-state index >= 15 is 0 Å². The van der Waals surface area contributed by atoms with E-state index in [0.29, 0.717) is 6.54 Å². The molecule has 1 aliphatic rings. The first kappa shape index (κ1) is 11.1. The Morgan fingerprint density at radius 2 is 2.31 bits per heavy atom. The molecule has 16 heavy (non-hydrogen) atoms. The molecular weight excluding hydrogens is 202 g/mol. The Balaban J connectivity index is 1.90. The van der Waals surface area contributed by atoms with E-state index in [0.717, 1.165) is 30.7 Å². The lowest BCUT2D eigenvalue weighted by atomic mass is 9.77. The molecule has 86 valence electrons. The molecule has 1 aliphatic carbocycles. The SMILES string of the molecule is Cc1cccc(CNC(=O)C2(N)CCC2)n1. The molecule has 0 aromatic carbocycles. The fraction of sp³-hybridized carbons (Fsp3) is 0.500. The lowest BCUT2D eigenvalue weighted by Crippen LogP contribution is -2.58. The molecule has 4 heteroatoms. The Labute approximate surface area is 95.3 Å². The van der Waals surface area contributed by atoms with Crippen molar-refractivity contribution >= 4 is 5.91 Å². The molecule has 1 heterocycles. The Morgan fingerprint density at radius 3 is 2.88 bits per heavy atom. The largest absolute Gasteiger partial charge is 0.349 e. The third-order valence-corrected chi connectivity index (χ3v) is 3.07. The minimum absolute atomic E-state index is 0.0537. The number of nitrogens with zero attached hydrogens (tertiary/aromatic N) is 1. The second-order valence-electron chi connectivity index (χ2n) is 4.46. The molecule has 4 nitrogen and oxygen atoms in total. The molecule has 0 aliphatic heterocycles. The van der Waals surface area contributed by atoms with Crippen LogP contribution in [0.3, 0.4) is 0 Å². The van der Waals surface area contributed by atoms with Crippen molar-refractivity contribution in [2.45, 2.75) is 38.3 Å². The number of carbonyl (C=O) groups excluding carboxylic acids is 1. The molecule has 3 N–H and O–H groups in total. The van der Waals surface area contributed by atoms with Gasteiger partial charge in [-0.15, -0.1) is 0 Å². The second-order valence-corrected chi connectivity index (χ2v) is 4.46. The highest BCUT2D eigenvalue weighted by atomic mass is 16.2. The second kappa shape index (κ2) is 4.22. The van der Waals surface area contributed by atoms with Crippen molar-refractivity contribution in [3.8, 4) is 0 Å². The van der Waals surface area contributed by atoms with Crippen molar-refractivity contribution in [2.75, 3.05) is 0 Å². The normalized spacial score (nSPS) is 17.6. The zero-order valence-corrected chi connectivity index (χ0v) is 9.49. The van der Waals surface area contributed by atoms with Gasteiger partial charge in [-0.25, -0.2) is 0 Å². The maximum Gasteiger partial charge on any atom is 0.240 e. The Bertz CT molecular complexity index is 399. The maximum absolute atomic E-state index is 11.7. The Kier molecular flexibility index (Phi) is 2.92. The van der Waals surface area contributed by atoms with Gasteiger partial charge in [0.25, 0.3) is 0 Å². The van der Waals surface area contributed by atoms with E-state index in [-0.39, 0.29) is 5.91 Å². The standard InChI is InChI=1S/C12H17N3O/c1-9-4-2-5-10(15-9)8-14-11(16)12(13)6-3-7-12/h2,4-5H,3,6-8,13H2,1H3,(H,14,16). The topological polar surface area (TPSA) is 68.0 Å². The van der Waals surface area contributed by atoms with Crippen LogP contribution in [0.5, 0.6) is 0 Å². The summed E-state index contributed by atoms with van der Waals surface area (Å²) >= 11 is 0. The van der Waals surface area contributed by atoms with Gasteiger partial charge in [-0.1, -0.05) is 6.07 Å². The smallest absolute Gasteiger partial charge is 0.240 e. The summed E-state index contributed by atoms with van der Waals surface area (Å²) in [6, 6.07) is 5.77. The van der Waals surface area contributed by atoms with E-state index in [4.69, 9.17) is 5.73 Å². The summed E-state index contributed by atoms with van der Waals surface area (Å²) in [4.78, 5) is 16.1. The van der Waals surface area contributed by atoms with E-state index < -0.39 is 5.54 Å². The van der Waals surface area contributed by atoms with Crippen molar-refractivity contribution in [1.29, 1.82) is 0 Å². The first-order valence-electron chi connectivity index (χ1n) is 5.60. The van der Waals surface area contributed by atoms with E-state index in [9.17, 15) is 4.79 Å². The van der Waals surface area contributed by atoms with Gasteiger partial charge < -0.3 is 11.1 Å². The summed E-state index contributed by atoms with van der Waals surface area (Å²) in [5.41, 5.74) is 7.11. The minimum atomic E-state index is -0.621. The van der Waals surface area contributed by atoms with Crippen molar-refractivity contribution in [3.05, 3.63) is 29.6 Å². The van der Waals surface area contributed by atoms with E-state index in [1.54, 1.807) is 0 Å². The van der Waals surface area contributed by atoms with Crippen LogP contribution in [0.15, 0.2) is 18.2 Å². The number of pyridine rings is 1. The minimum Gasteiger partial charge on any atom is -0.349 e. The van der Waals surface area contributed by atoms with Gasteiger partial charge >= 0.3 is 0 Å². The summed E-state index contributed by atoms with van der Waals surface area (Å²) in [6.07, 6.45) is 2.63. The van der Waals surface area contributed by atoms with Crippen LogP contribution in [0, 0.1) is 6.92 Å². The van der Waals surface area contributed by atoms with Crippen molar-refractivity contribution in [1.82, 2.24) is 10.3 Å². The highest BCUT2D eigenvalue weighted by Gasteiger charge is 2.39. The zero-order valence-electron chi connectivity index (χ0n) is 9.49. The fourth-order valence-corrected chi connectivity index (χ4v) is 1.83. The van der Waals surface area contributed by atoms with Gasteiger partial charge in [0.1, 0.15) is 0 Å². The maximum atomic E-state index is 11.7. The quantitative estimate of drug-likeness (QED) is 0.793. The van der Waals surface area contributed by atoms with Crippen molar-refractivity contribution in [2.24, 2.45) is 5.73 Å². The number of aromatic nitrogens is 1. The molecule has 2 rings (SSSR count). The van der Waals surface area contributed by atoms with Crippen LogP contribution in [-0.4, -0.2) is 16.4 Å². The molecule has 1 aromatic rings. The summed E-state index contributed by atoms with van der Waals surface area (Å²) in [5, 5.41) is 2.84. The first-order chi connectivity index (χ1) is 7.60. The highest BCUT2D eigenvalue weighted by molar-refractivity contribution is 5.86. The lowest BCUT2D eigenvalue weighted by Gasteiger charge is -2.36.